The van der Waals surface area contributed by atoms with Crippen molar-refractivity contribution in [1.82, 2.24) is 5.48 Å². The van der Waals surface area contributed by atoms with Crippen molar-refractivity contribution in [2.45, 2.75) is 32.0 Å². The van der Waals surface area contributed by atoms with Crippen LogP contribution in [0.1, 0.15) is 13.3 Å². The summed E-state index contributed by atoms with van der Waals surface area (Å²) >= 11 is 0. The Kier molecular flexibility index (Phi) is 2.97. The van der Waals surface area contributed by atoms with Gasteiger partial charge in [0.2, 0.25) is 5.90 Å². The Labute approximate surface area is 85.9 Å². The second kappa shape index (κ2) is 4.24. The zero-order valence-electron chi connectivity index (χ0n) is 8.24. The number of halogens is 2. The summed E-state index contributed by atoms with van der Waals surface area (Å²) in [5.74, 6) is 0.452. The van der Waals surface area contributed by atoms with Crippen molar-refractivity contribution < 1.29 is 18.4 Å². The third-order valence-corrected chi connectivity index (χ3v) is 2.26. The minimum atomic E-state index is -2.46. The van der Waals surface area contributed by atoms with Crippen LogP contribution < -0.4 is 5.48 Å². The maximum Gasteiger partial charge on any atom is 0.261 e. The minimum Gasteiger partial charge on any atom is -0.388 e. The Morgan fingerprint density at radius 2 is 2.53 bits per heavy atom. The molecule has 1 N–H and O–H groups in total. The molecule has 0 amide bonds. The molecule has 0 radical (unpaired) electrons. The summed E-state index contributed by atoms with van der Waals surface area (Å²) in [5, 5.41) is 0. The van der Waals surface area contributed by atoms with Gasteiger partial charge in [0.25, 0.3) is 6.43 Å². The lowest BCUT2D eigenvalue weighted by Gasteiger charge is -2.16. The molecule has 4 nitrogen and oxygen atoms in total. The smallest absolute Gasteiger partial charge is 0.261 e. The molecule has 2 aliphatic heterocycles. The molecule has 2 aliphatic rings. The van der Waals surface area contributed by atoms with E-state index in [1.54, 1.807) is 0 Å². The quantitative estimate of drug-likeness (QED) is 0.775. The van der Waals surface area contributed by atoms with Gasteiger partial charge >= 0.3 is 0 Å². The number of hydrogen-bond acceptors (Lipinski definition) is 4. The number of alkyl halides is 2. The molecule has 0 aliphatic carbocycles. The van der Waals surface area contributed by atoms with Gasteiger partial charge in [0.15, 0.2) is 6.23 Å². The Morgan fingerprint density at radius 1 is 1.73 bits per heavy atom. The van der Waals surface area contributed by atoms with E-state index in [1.165, 1.54) is 0 Å². The van der Waals surface area contributed by atoms with E-state index in [0.717, 1.165) is 5.57 Å². The standard InChI is InChI=1S/C9H12F2N2O2/c1-5-6-2-3-8(14-4-7(10)11)12-9(6)15-13-5/h2,5,7-8,13H,3-4H2,1H3. The molecule has 0 aromatic carbocycles. The third-order valence-electron chi connectivity index (χ3n) is 2.26. The molecule has 15 heavy (non-hydrogen) atoms. The summed E-state index contributed by atoms with van der Waals surface area (Å²) in [7, 11) is 0. The SMILES string of the molecule is CC1NOC2=NC(OCC(F)F)CC=C21. The average molecular weight is 218 g/mol. The monoisotopic (exact) mass is 218 g/mol. The van der Waals surface area contributed by atoms with Gasteiger partial charge in [-0.3, -0.25) is 0 Å². The number of nitrogens with zero attached hydrogens (tertiary/aromatic N) is 1. The largest absolute Gasteiger partial charge is 0.388 e. The molecule has 2 atom stereocenters. The maximum absolute atomic E-state index is 11.9. The Hall–Kier alpha value is -1.01. The molecule has 2 unspecified atom stereocenters. The van der Waals surface area contributed by atoms with E-state index in [9.17, 15) is 8.78 Å². The molecule has 2 heterocycles. The van der Waals surface area contributed by atoms with Crippen LogP contribution in [-0.2, 0) is 9.57 Å². The molecule has 1 fully saturated rings. The molecule has 0 aromatic heterocycles. The van der Waals surface area contributed by atoms with E-state index < -0.39 is 19.3 Å². The number of fused-ring (bicyclic) bond motifs is 1. The van der Waals surface area contributed by atoms with Gasteiger partial charge in [-0.2, -0.15) is 0 Å². The van der Waals surface area contributed by atoms with Gasteiger partial charge in [0, 0.05) is 12.0 Å². The summed E-state index contributed by atoms with van der Waals surface area (Å²) in [6.45, 7) is 1.35. The van der Waals surface area contributed by atoms with Crippen LogP contribution in [0.2, 0.25) is 0 Å². The lowest BCUT2D eigenvalue weighted by molar-refractivity contribution is -0.0207. The molecule has 84 valence electrons. The second-order valence-corrected chi connectivity index (χ2v) is 3.45. The van der Waals surface area contributed by atoms with Crippen molar-refractivity contribution >= 4 is 5.90 Å². The fraction of sp³-hybridized carbons (Fsp3) is 0.667. The fourth-order valence-corrected chi connectivity index (χ4v) is 1.52. The Bertz CT molecular complexity index is 304. The zero-order chi connectivity index (χ0) is 10.8. The molecule has 2 rings (SSSR count). The third kappa shape index (κ3) is 2.32. The summed E-state index contributed by atoms with van der Waals surface area (Å²) in [6.07, 6.45) is -0.591. The Balaban J connectivity index is 1.94. The van der Waals surface area contributed by atoms with Gasteiger partial charge in [-0.15, -0.1) is 5.48 Å². The van der Waals surface area contributed by atoms with Crippen LogP contribution >= 0.6 is 0 Å². The van der Waals surface area contributed by atoms with Crippen LogP contribution in [0.5, 0.6) is 0 Å². The number of ether oxygens (including phenoxy) is 1. The van der Waals surface area contributed by atoms with E-state index in [2.05, 4.69) is 10.5 Å². The van der Waals surface area contributed by atoms with Crippen LogP contribution in [0.3, 0.4) is 0 Å². The summed E-state index contributed by atoms with van der Waals surface area (Å²) in [6, 6.07) is 0.0970. The van der Waals surface area contributed by atoms with Crippen molar-refractivity contribution in [2.24, 2.45) is 4.99 Å². The van der Waals surface area contributed by atoms with E-state index in [0.29, 0.717) is 12.3 Å². The topological polar surface area (TPSA) is 42.8 Å². The average Bonchev–Trinajstić information content (AvgIpc) is 2.57. The van der Waals surface area contributed by atoms with Crippen LogP contribution in [0.15, 0.2) is 16.6 Å². The molecule has 0 aromatic rings. The van der Waals surface area contributed by atoms with E-state index in [4.69, 9.17) is 9.57 Å². The van der Waals surface area contributed by atoms with Gasteiger partial charge in [-0.05, 0) is 6.92 Å². The van der Waals surface area contributed by atoms with Crippen molar-refractivity contribution in [3.63, 3.8) is 0 Å². The predicted molar refractivity (Wildman–Crippen MR) is 49.6 cm³/mol. The van der Waals surface area contributed by atoms with Gasteiger partial charge in [-0.25, -0.2) is 13.8 Å². The molecular weight excluding hydrogens is 206 g/mol. The second-order valence-electron chi connectivity index (χ2n) is 3.45. The van der Waals surface area contributed by atoms with Crippen molar-refractivity contribution in [3.05, 3.63) is 11.6 Å². The lowest BCUT2D eigenvalue weighted by atomic mass is 10.1. The number of nitrogens with one attached hydrogen (secondary N) is 1. The maximum atomic E-state index is 11.9. The van der Waals surface area contributed by atoms with E-state index in [-0.39, 0.29) is 6.04 Å². The number of rotatable bonds is 3. The highest BCUT2D eigenvalue weighted by molar-refractivity contribution is 5.96. The first-order chi connectivity index (χ1) is 7.16. The van der Waals surface area contributed by atoms with Gasteiger partial charge in [0.05, 0.1) is 6.04 Å². The van der Waals surface area contributed by atoms with Gasteiger partial charge < -0.3 is 9.57 Å². The molecule has 6 heteroatoms. The van der Waals surface area contributed by atoms with E-state index in [1.807, 2.05) is 13.0 Å². The molecule has 0 bridgehead atoms. The highest BCUT2D eigenvalue weighted by Crippen LogP contribution is 2.21. The lowest BCUT2D eigenvalue weighted by Crippen LogP contribution is -2.21. The van der Waals surface area contributed by atoms with E-state index >= 15 is 0 Å². The predicted octanol–water partition coefficient (Wildman–Crippen LogP) is 1.25. The molecule has 1 saturated heterocycles. The Morgan fingerprint density at radius 3 is 3.27 bits per heavy atom. The molecular formula is C9H12F2N2O2. The number of hydrogen-bond donors (Lipinski definition) is 1. The van der Waals surface area contributed by atoms with Crippen molar-refractivity contribution in [3.8, 4) is 0 Å². The van der Waals surface area contributed by atoms with Gasteiger partial charge in [-0.1, -0.05) is 6.08 Å². The zero-order valence-corrected chi connectivity index (χ0v) is 8.24. The summed E-state index contributed by atoms with van der Waals surface area (Å²) in [4.78, 5) is 9.14. The highest BCUT2D eigenvalue weighted by atomic mass is 19.3. The minimum absolute atomic E-state index is 0.0970. The first-order valence-electron chi connectivity index (χ1n) is 4.77. The van der Waals surface area contributed by atoms with Crippen LogP contribution in [0.4, 0.5) is 8.78 Å². The van der Waals surface area contributed by atoms with Crippen LogP contribution in [0, 0.1) is 0 Å². The van der Waals surface area contributed by atoms with Crippen LogP contribution in [-0.4, -0.2) is 31.2 Å². The van der Waals surface area contributed by atoms with Crippen molar-refractivity contribution in [1.29, 1.82) is 0 Å². The number of aliphatic imine (C=N–C) groups is 1. The van der Waals surface area contributed by atoms with Gasteiger partial charge in [0.1, 0.15) is 6.61 Å². The number of dihydropyridines is 1. The highest BCUT2D eigenvalue weighted by Gasteiger charge is 2.29. The molecule has 0 spiro atoms. The summed E-state index contributed by atoms with van der Waals surface area (Å²) < 4.78 is 28.7. The summed E-state index contributed by atoms with van der Waals surface area (Å²) in [5.41, 5.74) is 3.71. The normalized spacial score (nSPS) is 29.6. The van der Waals surface area contributed by atoms with Crippen molar-refractivity contribution in [2.75, 3.05) is 6.61 Å². The molecule has 0 saturated carbocycles. The van der Waals surface area contributed by atoms with Crippen LogP contribution in [0.25, 0.3) is 0 Å². The fourth-order valence-electron chi connectivity index (χ4n) is 1.52. The first kappa shape index (κ1) is 10.5. The first-order valence-corrected chi connectivity index (χ1v) is 4.77. The number of hydroxylamine groups is 1.